The van der Waals surface area contributed by atoms with Crippen LogP contribution in [0.4, 0.5) is 0 Å². The van der Waals surface area contributed by atoms with Crippen LogP contribution in [0, 0.1) is 19.1 Å². The first-order chi connectivity index (χ1) is 18.2. The molecule has 1 amide bonds. The number of nitrogens with one attached hydrogen (secondary N) is 1. The SMILES string of the molecule is Cc1ccc([C@@H](NC(=O)Cc2ccc3oc(C(C)(O)c4nccc[n+]4[O-])cc3c2)c2ccccc2)c(C)c1. The average molecular weight is 508 g/mol. The van der Waals surface area contributed by atoms with Gasteiger partial charge in [0.2, 0.25) is 11.5 Å². The van der Waals surface area contributed by atoms with Gasteiger partial charge in [0.05, 0.1) is 18.7 Å². The van der Waals surface area contributed by atoms with E-state index < -0.39 is 5.60 Å². The summed E-state index contributed by atoms with van der Waals surface area (Å²) in [6.45, 7) is 5.58. The molecular formula is C31H29N3O4. The maximum Gasteiger partial charge on any atom is 0.340 e. The molecule has 2 heterocycles. The van der Waals surface area contributed by atoms with E-state index in [2.05, 4.69) is 42.3 Å². The summed E-state index contributed by atoms with van der Waals surface area (Å²) < 4.78 is 6.38. The van der Waals surface area contributed by atoms with Crippen molar-refractivity contribution in [2.45, 2.75) is 38.8 Å². The summed E-state index contributed by atoms with van der Waals surface area (Å²) in [5, 5.41) is 27.2. The van der Waals surface area contributed by atoms with Crippen LogP contribution in [0.1, 0.15) is 52.4 Å². The minimum Gasteiger partial charge on any atom is -0.711 e. The fourth-order valence-corrected chi connectivity index (χ4v) is 4.78. The first-order valence-corrected chi connectivity index (χ1v) is 12.4. The van der Waals surface area contributed by atoms with Crippen LogP contribution >= 0.6 is 0 Å². The van der Waals surface area contributed by atoms with Crippen molar-refractivity contribution in [2.75, 3.05) is 0 Å². The molecule has 1 unspecified atom stereocenters. The van der Waals surface area contributed by atoms with E-state index in [1.165, 1.54) is 30.9 Å². The average Bonchev–Trinajstić information content (AvgIpc) is 3.33. The van der Waals surface area contributed by atoms with Gasteiger partial charge in [0.25, 0.3) is 0 Å². The molecule has 7 nitrogen and oxygen atoms in total. The van der Waals surface area contributed by atoms with E-state index in [0.29, 0.717) is 15.7 Å². The lowest BCUT2D eigenvalue weighted by molar-refractivity contribution is -0.625. The molecule has 0 spiro atoms. The number of hydrogen-bond acceptors (Lipinski definition) is 5. The van der Waals surface area contributed by atoms with E-state index in [1.54, 1.807) is 12.1 Å². The Morgan fingerprint density at radius 3 is 2.61 bits per heavy atom. The highest BCUT2D eigenvalue weighted by atomic mass is 16.5. The van der Waals surface area contributed by atoms with Gasteiger partial charge in [-0.3, -0.25) is 4.79 Å². The number of rotatable bonds is 7. The molecule has 0 fully saturated rings. The van der Waals surface area contributed by atoms with Crippen LogP contribution in [0.15, 0.2) is 95.7 Å². The number of nitrogens with zero attached hydrogens (tertiary/aromatic N) is 2. The Morgan fingerprint density at radius 1 is 1.08 bits per heavy atom. The molecule has 2 atom stereocenters. The quantitative estimate of drug-likeness (QED) is 0.244. The van der Waals surface area contributed by atoms with Gasteiger partial charge in [0, 0.05) is 11.5 Å². The highest BCUT2D eigenvalue weighted by Gasteiger charge is 2.39. The number of aliphatic hydroxyl groups is 1. The predicted molar refractivity (Wildman–Crippen MR) is 144 cm³/mol. The summed E-state index contributed by atoms with van der Waals surface area (Å²) in [5.74, 6) is -0.0109. The van der Waals surface area contributed by atoms with Crippen LogP contribution < -0.4 is 10.0 Å². The number of carbonyl (C=O) groups is 1. The Bertz CT molecular complexity index is 1610. The van der Waals surface area contributed by atoms with E-state index in [9.17, 15) is 15.1 Å². The Morgan fingerprint density at radius 2 is 1.87 bits per heavy atom. The molecular weight excluding hydrogens is 478 g/mol. The Kier molecular flexibility index (Phi) is 6.70. The molecule has 5 aromatic rings. The van der Waals surface area contributed by atoms with Gasteiger partial charge in [-0.2, -0.15) is 0 Å². The monoisotopic (exact) mass is 507 g/mol. The van der Waals surface area contributed by atoms with E-state index in [0.717, 1.165) is 22.3 Å². The number of fused-ring (bicyclic) bond motifs is 1. The van der Waals surface area contributed by atoms with Gasteiger partial charge < -0.3 is 20.0 Å². The van der Waals surface area contributed by atoms with Gasteiger partial charge in [-0.15, -0.1) is 0 Å². The molecule has 192 valence electrons. The molecule has 38 heavy (non-hydrogen) atoms. The Balaban J connectivity index is 1.39. The van der Waals surface area contributed by atoms with Crippen molar-refractivity contribution in [1.82, 2.24) is 10.3 Å². The molecule has 0 radical (unpaired) electrons. The molecule has 0 bridgehead atoms. The van der Waals surface area contributed by atoms with Gasteiger partial charge in [0.1, 0.15) is 17.5 Å². The van der Waals surface area contributed by atoms with Crippen LogP contribution in [0.2, 0.25) is 0 Å². The summed E-state index contributed by atoms with van der Waals surface area (Å²) in [6.07, 6.45) is 2.89. The highest BCUT2D eigenvalue weighted by molar-refractivity contribution is 5.83. The zero-order valence-corrected chi connectivity index (χ0v) is 21.5. The first-order valence-electron chi connectivity index (χ1n) is 12.4. The number of carbonyl (C=O) groups excluding carboxylic acids is 1. The zero-order valence-electron chi connectivity index (χ0n) is 21.5. The largest absolute Gasteiger partial charge is 0.711 e. The number of furan rings is 1. The number of aryl methyl sites for hydroxylation is 2. The van der Waals surface area contributed by atoms with Crippen LogP contribution in [0.25, 0.3) is 11.0 Å². The number of amides is 1. The molecule has 3 aromatic carbocycles. The minimum absolute atomic E-state index is 0.0861. The zero-order chi connectivity index (χ0) is 26.9. The lowest BCUT2D eigenvalue weighted by Crippen LogP contribution is -2.42. The minimum atomic E-state index is -1.73. The maximum absolute atomic E-state index is 13.3. The summed E-state index contributed by atoms with van der Waals surface area (Å²) in [7, 11) is 0. The molecule has 0 saturated carbocycles. The Hall–Kier alpha value is -4.49. The van der Waals surface area contributed by atoms with Crippen molar-refractivity contribution in [1.29, 1.82) is 0 Å². The van der Waals surface area contributed by atoms with Crippen LogP contribution in [0.5, 0.6) is 0 Å². The molecule has 0 aliphatic rings. The molecule has 5 rings (SSSR count). The van der Waals surface area contributed by atoms with Crippen LogP contribution in [-0.4, -0.2) is 16.0 Å². The van der Waals surface area contributed by atoms with Crippen molar-refractivity contribution in [3.63, 3.8) is 0 Å². The number of benzene rings is 3. The normalized spacial score (nSPS) is 13.7. The van der Waals surface area contributed by atoms with Crippen LogP contribution in [-0.2, 0) is 16.8 Å². The lowest BCUT2D eigenvalue weighted by atomic mass is 9.93. The third-order valence-electron chi connectivity index (χ3n) is 6.75. The van der Waals surface area contributed by atoms with E-state index in [1.807, 2.05) is 42.5 Å². The van der Waals surface area contributed by atoms with Crippen molar-refractivity contribution in [3.05, 3.63) is 136 Å². The smallest absolute Gasteiger partial charge is 0.340 e. The van der Waals surface area contributed by atoms with Gasteiger partial charge >= 0.3 is 5.82 Å². The highest BCUT2D eigenvalue weighted by Crippen LogP contribution is 2.32. The van der Waals surface area contributed by atoms with Gasteiger partial charge in [-0.25, -0.2) is 4.73 Å². The predicted octanol–water partition coefficient (Wildman–Crippen LogP) is 4.78. The molecule has 0 aliphatic heterocycles. The molecule has 2 N–H and O–H groups in total. The van der Waals surface area contributed by atoms with E-state index in [4.69, 9.17) is 4.42 Å². The van der Waals surface area contributed by atoms with Crippen LogP contribution in [0.3, 0.4) is 0 Å². The molecule has 0 aliphatic carbocycles. The summed E-state index contributed by atoms with van der Waals surface area (Å²) in [6, 6.07) is 24.5. The second-order valence-corrected chi connectivity index (χ2v) is 9.77. The second-order valence-electron chi connectivity index (χ2n) is 9.77. The lowest BCUT2D eigenvalue weighted by Gasteiger charge is -2.22. The number of aromatic nitrogens is 2. The van der Waals surface area contributed by atoms with Gasteiger partial charge in [-0.1, -0.05) is 60.2 Å². The van der Waals surface area contributed by atoms with E-state index in [-0.39, 0.29) is 30.0 Å². The standard InChI is InChI=1S/C31H29N3O4/c1-20-10-12-25(21(2)16-20)29(23-8-5-4-6-9-23)33-28(35)18-22-11-13-26-24(17-22)19-27(38-26)31(3,36)30-32-14-7-15-34(30)37/h4-17,19,29,36H,18H2,1-3H3,(H,33,35)/t29-,31?/m0/s1. The fourth-order valence-electron chi connectivity index (χ4n) is 4.78. The fraction of sp³-hybridized carbons (Fsp3) is 0.194. The van der Waals surface area contributed by atoms with Gasteiger partial charge in [-0.05, 0) is 66.2 Å². The Labute approximate surface area is 221 Å². The molecule has 0 saturated heterocycles. The maximum atomic E-state index is 13.3. The molecule has 2 aromatic heterocycles. The first kappa shape index (κ1) is 25.2. The van der Waals surface area contributed by atoms with Gasteiger partial charge in [0.15, 0.2) is 0 Å². The third-order valence-corrected chi connectivity index (χ3v) is 6.75. The third kappa shape index (κ3) is 5.01. The second kappa shape index (κ2) is 10.1. The van der Waals surface area contributed by atoms with Crippen molar-refractivity contribution >= 4 is 16.9 Å². The topological polar surface area (TPSA) is 102 Å². The van der Waals surface area contributed by atoms with E-state index >= 15 is 0 Å². The molecule has 7 heteroatoms. The summed E-state index contributed by atoms with van der Waals surface area (Å²) >= 11 is 0. The van der Waals surface area contributed by atoms with Crippen molar-refractivity contribution in [2.24, 2.45) is 0 Å². The summed E-state index contributed by atoms with van der Waals surface area (Å²) in [5.41, 5.74) is 3.96. The summed E-state index contributed by atoms with van der Waals surface area (Å²) in [4.78, 5) is 17.3. The van der Waals surface area contributed by atoms with Crippen molar-refractivity contribution < 1.29 is 19.0 Å². The van der Waals surface area contributed by atoms with Crippen molar-refractivity contribution in [3.8, 4) is 0 Å². The number of hydrogen-bond donors (Lipinski definition) is 2.